The van der Waals surface area contributed by atoms with Crippen LogP contribution < -0.4 is 5.73 Å². The summed E-state index contributed by atoms with van der Waals surface area (Å²) in [5.74, 6) is 0. The van der Waals surface area contributed by atoms with Crippen molar-refractivity contribution in [3.05, 3.63) is 34.9 Å². The number of likely N-dealkylation sites (tertiary alicyclic amines) is 1. The number of nitrogens with zero attached hydrogens (tertiary/aromatic N) is 2. The van der Waals surface area contributed by atoms with Gasteiger partial charge in [0, 0.05) is 18.6 Å². The van der Waals surface area contributed by atoms with Crippen molar-refractivity contribution in [3.8, 4) is 0 Å². The van der Waals surface area contributed by atoms with Gasteiger partial charge in [0.25, 0.3) is 0 Å². The third-order valence-electron chi connectivity index (χ3n) is 5.07. The minimum absolute atomic E-state index is 0.110. The minimum atomic E-state index is 0.110. The second-order valence-corrected chi connectivity index (χ2v) is 6.56. The maximum atomic E-state index is 6.42. The number of likely N-dealkylation sites (N-methyl/N-ethyl adjacent to an activating group) is 1. The highest BCUT2D eigenvalue weighted by molar-refractivity contribution is 5.31. The van der Waals surface area contributed by atoms with Gasteiger partial charge in [-0.05, 0) is 70.1 Å². The first-order chi connectivity index (χ1) is 10.0. The van der Waals surface area contributed by atoms with Gasteiger partial charge in [-0.25, -0.2) is 0 Å². The van der Waals surface area contributed by atoms with E-state index in [2.05, 4.69) is 55.8 Å². The van der Waals surface area contributed by atoms with Gasteiger partial charge >= 0.3 is 0 Å². The molecule has 2 rings (SSSR count). The second kappa shape index (κ2) is 7.39. The summed E-state index contributed by atoms with van der Waals surface area (Å²) in [6, 6.07) is 7.40. The van der Waals surface area contributed by atoms with Crippen molar-refractivity contribution in [2.24, 2.45) is 5.73 Å². The Hall–Kier alpha value is -0.900. The summed E-state index contributed by atoms with van der Waals surface area (Å²) in [5, 5.41) is 0. The number of benzene rings is 1. The number of aryl methyl sites for hydroxylation is 2. The predicted molar refractivity (Wildman–Crippen MR) is 90.6 cm³/mol. The molecule has 1 aromatic rings. The Morgan fingerprint density at radius 3 is 2.48 bits per heavy atom. The van der Waals surface area contributed by atoms with Crippen molar-refractivity contribution in [3.63, 3.8) is 0 Å². The zero-order valence-electron chi connectivity index (χ0n) is 14.1. The van der Waals surface area contributed by atoms with Crippen LogP contribution in [0.2, 0.25) is 0 Å². The topological polar surface area (TPSA) is 32.5 Å². The summed E-state index contributed by atoms with van der Waals surface area (Å²) in [7, 11) is 2.23. The van der Waals surface area contributed by atoms with E-state index in [1.54, 1.807) is 0 Å². The maximum Gasteiger partial charge on any atom is 0.0424 e. The van der Waals surface area contributed by atoms with Gasteiger partial charge in [0.1, 0.15) is 0 Å². The normalized spacial score (nSPS) is 19.1. The molecule has 1 heterocycles. The Morgan fingerprint density at radius 2 is 1.90 bits per heavy atom. The van der Waals surface area contributed by atoms with Crippen molar-refractivity contribution < 1.29 is 0 Å². The molecule has 2 N–H and O–H groups in total. The van der Waals surface area contributed by atoms with Gasteiger partial charge in [-0.3, -0.25) is 0 Å². The molecule has 1 aliphatic rings. The largest absolute Gasteiger partial charge is 0.323 e. The lowest BCUT2D eigenvalue weighted by Gasteiger charge is -2.37. The van der Waals surface area contributed by atoms with Crippen LogP contribution in [0.15, 0.2) is 18.2 Å². The van der Waals surface area contributed by atoms with Crippen LogP contribution in [0, 0.1) is 13.8 Å². The lowest BCUT2D eigenvalue weighted by atomic mass is 9.99. The molecule has 3 nitrogen and oxygen atoms in total. The summed E-state index contributed by atoms with van der Waals surface area (Å²) in [4.78, 5) is 5.00. The van der Waals surface area contributed by atoms with Crippen molar-refractivity contribution >= 4 is 0 Å². The van der Waals surface area contributed by atoms with E-state index in [0.29, 0.717) is 6.04 Å². The third kappa shape index (κ3) is 4.29. The molecule has 0 aromatic heterocycles. The molecule has 1 aromatic carbocycles. The van der Waals surface area contributed by atoms with E-state index >= 15 is 0 Å². The van der Waals surface area contributed by atoms with Crippen LogP contribution in [0.5, 0.6) is 0 Å². The Morgan fingerprint density at radius 1 is 1.24 bits per heavy atom. The standard InChI is InChI=1S/C18H31N3/c1-5-21-10-8-17(9-11-21)20(4)13-18(19)16-7-6-14(2)15(3)12-16/h6-7,12,17-18H,5,8-11,13,19H2,1-4H3. The molecule has 0 saturated carbocycles. The lowest BCUT2D eigenvalue weighted by Crippen LogP contribution is -2.45. The molecule has 0 amide bonds. The first kappa shape index (κ1) is 16.5. The highest BCUT2D eigenvalue weighted by Gasteiger charge is 2.23. The Labute approximate surface area is 130 Å². The van der Waals surface area contributed by atoms with E-state index in [9.17, 15) is 0 Å². The summed E-state index contributed by atoms with van der Waals surface area (Å²) < 4.78 is 0. The summed E-state index contributed by atoms with van der Waals surface area (Å²) in [6.45, 7) is 11.1. The van der Waals surface area contributed by atoms with Crippen molar-refractivity contribution in [2.75, 3.05) is 33.2 Å². The number of hydrogen-bond donors (Lipinski definition) is 1. The highest BCUT2D eigenvalue weighted by atomic mass is 15.2. The molecule has 0 radical (unpaired) electrons. The number of rotatable bonds is 5. The number of nitrogens with two attached hydrogens (primary N) is 1. The van der Waals surface area contributed by atoms with Gasteiger partial charge in [0.2, 0.25) is 0 Å². The van der Waals surface area contributed by atoms with Gasteiger partial charge in [0.15, 0.2) is 0 Å². The van der Waals surface area contributed by atoms with Gasteiger partial charge in [-0.15, -0.1) is 0 Å². The molecule has 0 bridgehead atoms. The van der Waals surface area contributed by atoms with Crippen LogP contribution in [-0.4, -0.2) is 49.1 Å². The molecular weight excluding hydrogens is 258 g/mol. The molecule has 0 aliphatic carbocycles. The molecule has 1 atom stereocenters. The quantitative estimate of drug-likeness (QED) is 0.904. The maximum absolute atomic E-state index is 6.42. The Bertz CT molecular complexity index is 450. The molecule has 0 spiro atoms. The molecular formula is C18H31N3. The summed E-state index contributed by atoms with van der Waals surface area (Å²) in [5.41, 5.74) is 10.4. The second-order valence-electron chi connectivity index (χ2n) is 6.56. The van der Waals surface area contributed by atoms with Crippen LogP contribution in [0.3, 0.4) is 0 Å². The van der Waals surface area contributed by atoms with Gasteiger partial charge < -0.3 is 15.5 Å². The van der Waals surface area contributed by atoms with E-state index in [0.717, 1.165) is 6.54 Å². The van der Waals surface area contributed by atoms with E-state index in [4.69, 9.17) is 5.73 Å². The molecule has 1 fully saturated rings. The highest BCUT2D eigenvalue weighted by Crippen LogP contribution is 2.20. The predicted octanol–water partition coefficient (Wildman–Crippen LogP) is 2.72. The van der Waals surface area contributed by atoms with Gasteiger partial charge in [-0.1, -0.05) is 25.1 Å². The summed E-state index contributed by atoms with van der Waals surface area (Å²) in [6.07, 6.45) is 2.54. The van der Waals surface area contributed by atoms with E-state index in [-0.39, 0.29) is 6.04 Å². The van der Waals surface area contributed by atoms with Gasteiger partial charge in [0.05, 0.1) is 0 Å². The average molecular weight is 289 g/mol. The molecule has 21 heavy (non-hydrogen) atoms. The van der Waals surface area contributed by atoms with Crippen molar-refractivity contribution in [1.82, 2.24) is 9.80 Å². The molecule has 3 heteroatoms. The molecule has 118 valence electrons. The van der Waals surface area contributed by atoms with Crippen LogP contribution in [-0.2, 0) is 0 Å². The van der Waals surface area contributed by atoms with Crippen LogP contribution in [0.25, 0.3) is 0 Å². The smallest absolute Gasteiger partial charge is 0.0424 e. The van der Waals surface area contributed by atoms with E-state index < -0.39 is 0 Å². The lowest BCUT2D eigenvalue weighted by molar-refractivity contribution is 0.127. The van der Waals surface area contributed by atoms with Crippen LogP contribution in [0.4, 0.5) is 0 Å². The van der Waals surface area contributed by atoms with E-state index in [1.165, 1.54) is 49.2 Å². The third-order valence-corrected chi connectivity index (χ3v) is 5.07. The fourth-order valence-corrected chi connectivity index (χ4v) is 3.24. The fourth-order valence-electron chi connectivity index (χ4n) is 3.24. The SMILES string of the molecule is CCN1CCC(N(C)CC(N)c2ccc(C)c(C)c2)CC1. The average Bonchev–Trinajstić information content (AvgIpc) is 2.50. The number of piperidine rings is 1. The van der Waals surface area contributed by atoms with Crippen molar-refractivity contribution in [1.29, 1.82) is 0 Å². The van der Waals surface area contributed by atoms with E-state index in [1.807, 2.05) is 0 Å². The van der Waals surface area contributed by atoms with Crippen LogP contribution in [0.1, 0.15) is 42.5 Å². The van der Waals surface area contributed by atoms with Crippen LogP contribution >= 0.6 is 0 Å². The first-order valence-electron chi connectivity index (χ1n) is 8.26. The van der Waals surface area contributed by atoms with Crippen molar-refractivity contribution in [2.45, 2.75) is 45.7 Å². The Balaban J connectivity index is 1.89. The fraction of sp³-hybridized carbons (Fsp3) is 0.667. The first-order valence-corrected chi connectivity index (χ1v) is 8.26. The monoisotopic (exact) mass is 289 g/mol. The molecule has 1 saturated heterocycles. The molecule has 1 aliphatic heterocycles. The zero-order chi connectivity index (χ0) is 15.4. The number of hydrogen-bond acceptors (Lipinski definition) is 3. The summed E-state index contributed by atoms with van der Waals surface area (Å²) >= 11 is 0. The molecule has 1 unspecified atom stereocenters. The minimum Gasteiger partial charge on any atom is -0.323 e. The van der Waals surface area contributed by atoms with Gasteiger partial charge in [-0.2, -0.15) is 0 Å². The Kier molecular flexibility index (Phi) is 5.80. The zero-order valence-corrected chi connectivity index (χ0v) is 14.1.